The minimum atomic E-state index is 0.278. The monoisotopic (exact) mass is 209 g/mol. The van der Waals surface area contributed by atoms with Crippen LogP contribution < -0.4 is 5.32 Å². The summed E-state index contributed by atoms with van der Waals surface area (Å²) in [6, 6.07) is 0. The van der Waals surface area contributed by atoms with Crippen molar-refractivity contribution in [1.82, 2.24) is 14.9 Å². The molecule has 0 radical (unpaired) electrons. The molecule has 1 N–H and O–H groups in total. The maximum atomic E-state index is 4.34. The highest BCUT2D eigenvalue weighted by Crippen LogP contribution is 2.17. The van der Waals surface area contributed by atoms with E-state index >= 15 is 0 Å². The minimum absolute atomic E-state index is 0.278. The average Bonchev–Trinajstić information content (AvgIpc) is 2.61. The lowest BCUT2D eigenvalue weighted by atomic mass is 9.93. The van der Waals surface area contributed by atoms with E-state index in [9.17, 15) is 0 Å². The fourth-order valence-corrected chi connectivity index (χ4v) is 1.78. The predicted molar refractivity (Wildman–Crippen MR) is 63.9 cm³/mol. The van der Waals surface area contributed by atoms with Crippen molar-refractivity contribution in [3.63, 3.8) is 0 Å². The van der Waals surface area contributed by atoms with Crippen LogP contribution in [0.4, 0.5) is 0 Å². The second-order valence-corrected chi connectivity index (χ2v) is 4.77. The van der Waals surface area contributed by atoms with Gasteiger partial charge >= 0.3 is 0 Å². The van der Waals surface area contributed by atoms with Gasteiger partial charge in [0.1, 0.15) is 5.82 Å². The normalized spacial score (nSPS) is 12.0. The molecule has 15 heavy (non-hydrogen) atoms. The molecule has 3 heteroatoms. The summed E-state index contributed by atoms with van der Waals surface area (Å²) >= 11 is 0. The van der Waals surface area contributed by atoms with Gasteiger partial charge in [0, 0.05) is 31.9 Å². The van der Waals surface area contributed by atoms with E-state index in [1.54, 1.807) is 0 Å². The Kier molecular flexibility index (Phi) is 4.33. The number of rotatable bonds is 6. The van der Waals surface area contributed by atoms with Crippen LogP contribution in [-0.4, -0.2) is 22.6 Å². The Morgan fingerprint density at radius 2 is 2.13 bits per heavy atom. The van der Waals surface area contributed by atoms with Gasteiger partial charge in [-0.15, -0.1) is 0 Å². The van der Waals surface area contributed by atoms with E-state index in [4.69, 9.17) is 0 Å². The fraction of sp³-hybridized carbons (Fsp3) is 0.750. The van der Waals surface area contributed by atoms with Crippen LogP contribution in [0.15, 0.2) is 12.4 Å². The molecule has 0 spiro atoms. The molecule has 3 nitrogen and oxygen atoms in total. The third kappa shape index (κ3) is 3.67. The summed E-state index contributed by atoms with van der Waals surface area (Å²) in [6.07, 6.45) is 4.97. The molecular formula is C12H23N3. The van der Waals surface area contributed by atoms with Crippen molar-refractivity contribution < 1.29 is 0 Å². The lowest BCUT2D eigenvalue weighted by Crippen LogP contribution is -2.33. The van der Waals surface area contributed by atoms with Crippen LogP contribution in [0.2, 0.25) is 0 Å². The maximum Gasteiger partial charge on any atom is 0.108 e. The first-order valence-corrected chi connectivity index (χ1v) is 5.80. The second kappa shape index (κ2) is 5.31. The van der Waals surface area contributed by atoms with Crippen LogP contribution in [0.25, 0.3) is 0 Å². The summed E-state index contributed by atoms with van der Waals surface area (Å²) in [5.74, 6) is 1.18. The molecule has 0 saturated carbocycles. The van der Waals surface area contributed by atoms with Crippen molar-refractivity contribution in [3.8, 4) is 0 Å². The summed E-state index contributed by atoms with van der Waals surface area (Å²) in [4.78, 5) is 4.34. The van der Waals surface area contributed by atoms with E-state index in [1.807, 2.05) is 6.20 Å². The molecule has 0 aromatic carbocycles. The van der Waals surface area contributed by atoms with E-state index in [1.165, 1.54) is 5.82 Å². The Labute approximate surface area is 92.9 Å². The van der Waals surface area contributed by atoms with E-state index < -0.39 is 0 Å². The van der Waals surface area contributed by atoms with Crippen LogP contribution in [-0.2, 0) is 13.0 Å². The van der Waals surface area contributed by atoms with Gasteiger partial charge in [-0.05, 0) is 12.0 Å². The summed E-state index contributed by atoms with van der Waals surface area (Å²) in [5.41, 5.74) is 0.278. The fourth-order valence-electron chi connectivity index (χ4n) is 1.78. The topological polar surface area (TPSA) is 29.9 Å². The highest BCUT2D eigenvalue weighted by atomic mass is 15.1. The zero-order valence-electron chi connectivity index (χ0n) is 10.4. The SMILES string of the molecule is CCNCC(C)(C)Cn1ccnc1CC. The van der Waals surface area contributed by atoms with Crippen LogP contribution in [0.1, 0.15) is 33.5 Å². The zero-order valence-corrected chi connectivity index (χ0v) is 10.4. The average molecular weight is 209 g/mol. The number of nitrogens with zero attached hydrogens (tertiary/aromatic N) is 2. The molecule has 0 aliphatic heterocycles. The number of hydrogen-bond donors (Lipinski definition) is 1. The largest absolute Gasteiger partial charge is 0.334 e. The molecule has 0 unspecified atom stereocenters. The molecule has 86 valence electrons. The Balaban J connectivity index is 2.59. The number of hydrogen-bond acceptors (Lipinski definition) is 2. The molecule has 0 aliphatic rings. The Morgan fingerprint density at radius 3 is 2.73 bits per heavy atom. The molecular weight excluding hydrogens is 186 g/mol. The maximum absolute atomic E-state index is 4.34. The highest BCUT2D eigenvalue weighted by molar-refractivity contribution is 4.93. The second-order valence-electron chi connectivity index (χ2n) is 4.77. The van der Waals surface area contributed by atoms with Gasteiger partial charge in [-0.3, -0.25) is 0 Å². The van der Waals surface area contributed by atoms with Crippen molar-refractivity contribution >= 4 is 0 Å². The van der Waals surface area contributed by atoms with Gasteiger partial charge < -0.3 is 9.88 Å². The smallest absolute Gasteiger partial charge is 0.108 e. The van der Waals surface area contributed by atoms with Crippen molar-refractivity contribution in [2.24, 2.45) is 5.41 Å². The molecule has 0 fully saturated rings. The standard InChI is InChI=1S/C12H23N3/c1-5-11-14-7-8-15(11)10-12(3,4)9-13-6-2/h7-8,13H,5-6,9-10H2,1-4H3. The first kappa shape index (κ1) is 12.2. The van der Waals surface area contributed by atoms with Crippen LogP contribution >= 0.6 is 0 Å². The first-order chi connectivity index (χ1) is 7.09. The van der Waals surface area contributed by atoms with Crippen LogP contribution in [0.5, 0.6) is 0 Å². The van der Waals surface area contributed by atoms with E-state index in [0.717, 1.165) is 26.1 Å². The number of nitrogens with one attached hydrogen (secondary N) is 1. The summed E-state index contributed by atoms with van der Waals surface area (Å²) in [6.45, 7) is 12.0. The van der Waals surface area contributed by atoms with E-state index in [-0.39, 0.29) is 5.41 Å². The third-order valence-electron chi connectivity index (χ3n) is 2.57. The van der Waals surface area contributed by atoms with E-state index in [2.05, 4.69) is 48.8 Å². The van der Waals surface area contributed by atoms with Gasteiger partial charge in [-0.1, -0.05) is 27.7 Å². The van der Waals surface area contributed by atoms with Crippen molar-refractivity contribution in [2.75, 3.05) is 13.1 Å². The Bertz CT molecular complexity index is 289. The van der Waals surface area contributed by atoms with Crippen LogP contribution in [0, 0.1) is 5.41 Å². The van der Waals surface area contributed by atoms with Crippen LogP contribution in [0.3, 0.4) is 0 Å². The first-order valence-electron chi connectivity index (χ1n) is 5.80. The summed E-state index contributed by atoms with van der Waals surface area (Å²) in [5, 5.41) is 3.40. The number of aromatic nitrogens is 2. The van der Waals surface area contributed by atoms with Gasteiger partial charge in [0.25, 0.3) is 0 Å². The summed E-state index contributed by atoms with van der Waals surface area (Å²) in [7, 11) is 0. The lowest BCUT2D eigenvalue weighted by molar-refractivity contribution is 0.288. The highest BCUT2D eigenvalue weighted by Gasteiger charge is 2.18. The molecule has 0 amide bonds. The summed E-state index contributed by atoms with van der Waals surface area (Å²) < 4.78 is 2.26. The van der Waals surface area contributed by atoms with Gasteiger partial charge in [-0.25, -0.2) is 4.98 Å². The molecule has 0 saturated heterocycles. The van der Waals surface area contributed by atoms with E-state index in [0.29, 0.717) is 0 Å². The van der Waals surface area contributed by atoms with Gasteiger partial charge in [0.2, 0.25) is 0 Å². The predicted octanol–water partition coefficient (Wildman–Crippen LogP) is 2.08. The lowest BCUT2D eigenvalue weighted by Gasteiger charge is -2.26. The molecule has 0 atom stereocenters. The molecule has 1 aromatic heterocycles. The Morgan fingerprint density at radius 1 is 1.40 bits per heavy atom. The number of imidazole rings is 1. The van der Waals surface area contributed by atoms with Gasteiger partial charge in [-0.2, -0.15) is 0 Å². The molecule has 0 bridgehead atoms. The van der Waals surface area contributed by atoms with Gasteiger partial charge in [0.15, 0.2) is 0 Å². The molecule has 1 aromatic rings. The number of aryl methyl sites for hydroxylation is 1. The zero-order chi connectivity index (χ0) is 11.3. The molecule has 0 aliphatic carbocycles. The van der Waals surface area contributed by atoms with Crippen molar-refractivity contribution in [3.05, 3.63) is 18.2 Å². The van der Waals surface area contributed by atoms with Crippen molar-refractivity contribution in [2.45, 2.75) is 40.7 Å². The Hall–Kier alpha value is -0.830. The molecule has 1 rings (SSSR count). The van der Waals surface area contributed by atoms with Gasteiger partial charge in [0.05, 0.1) is 0 Å². The van der Waals surface area contributed by atoms with Crippen molar-refractivity contribution in [1.29, 1.82) is 0 Å². The third-order valence-corrected chi connectivity index (χ3v) is 2.57. The molecule has 1 heterocycles. The quantitative estimate of drug-likeness (QED) is 0.777. The minimum Gasteiger partial charge on any atom is -0.334 e.